The maximum absolute atomic E-state index is 10.8. The van der Waals surface area contributed by atoms with Gasteiger partial charge in [-0.05, 0) is 24.6 Å². The Balaban J connectivity index is 2.82. The lowest BCUT2D eigenvalue weighted by molar-refractivity contribution is 0.0697. The van der Waals surface area contributed by atoms with Gasteiger partial charge in [0.25, 0.3) is 0 Å². The smallest absolute Gasteiger partial charge is 0.335 e. The average Bonchev–Trinajstić information content (AvgIpc) is 2.48. The first-order valence-electron chi connectivity index (χ1n) is 4.20. The molecule has 0 amide bonds. The maximum atomic E-state index is 10.8. The maximum Gasteiger partial charge on any atom is 0.335 e. The van der Waals surface area contributed by atoms with Crippen LogP contribution in [0.4, 0.5) is 5.69 Å². The van der Waals surface area contributed by atoms with Gasteiger partial charge in [0.2, 0.25) is 0 Å². The molecule has 0 radical (unpaired) electrons. The molecular weight excluding hydrogens is 180 g/mol. The van der Waals surface area contributed by atoms with Crippen LogP contribution in [-0.2, 0) is 0 Å². The standard InChI is InChI=1S/C10H10N2O2/c1-5-4-12-9-7(5)2-6(10(13)14)3-8(9)11/h2-4,12H,11H2,1H3,(H,13,14). The van der Waals surface area contributed by atoms with Crippen LogP contribution < -0.4 is 5.73 Å². The van der Waals surface area contributed by atoms with Crippen LogP contribution in [0.1, 0.15) is 15.9 Å². The molecule has 0 aliphatic heterocycles. The molecule has 0 atom stereocenters. The summed E-state index contributed by atoms with van der Waals surface area (Å²) in [4.78, 5) is 13.8. The highest BCUT2D eigenvalue weighted by Gasteiger charge is 2.09. The van der Waals surface area contributed by atoms with E-state index in [0.717, 1.165) is 16.5 Å². The molecule has 1 heterocycles. The number of anilines is 1. The van der Waals surface area contributed by atoms with Crippen molar-refractivity contribution in [2.75, 3.05) is 5.73 Å². The molecule has 0 saturated carbocycles. The Morgan fingerprint density at radius 3 is 2.86 bits per heavy atom. The van der Waals surface area contributed by atoms with Crippen molar-refractivity contribution in [1.29, 1.82) is 0 Å². The van der Waals surface area contributed by atoms with Crippen molar-refractivity contribution in [3.8, 4) is 0 Å². The minimum Gasteiger partial charge on any atom is -0.478 e. The van der Waals surface area contributed by atoms with Crippen molar-refractivity contribution in [2.45, 2.75) is 6.92 Å². The summed E-state index contributed by atoms with van der Waals surface area (Å²) in [6.45, 7) is 1.91. The number of H-pyrrole nitrogens is 1. The summed E-state index contributed by atoms with van der Waals surface area (Å²) in [5.74, 6) is -0.959. The second-order valence-electron chi connectivity index (χ2n) is 3.26. The van der Waals surface area contributed by atoms with E-state index in [9.17, 15) is 4.79 Å². The zero-order valence-corrected chi connectivity index (χ0v) is 7.66. The summed E-state index contributed by atoms with van der Waals surface area (Å²) in [7, 11) is 0. The Labute approximate surface area is 80.3 Å². The normalized spacial score (nSPS) is 10.6. The van der Waals surface area contributed by atoms with Crippen molar-refractivity contribution in [1.82, 2.24) is 4.98 Å². The van der Waals surface area contributed by atoms with Gasteiger partial charge in [0.05, 0.1) is 16.8 Å². The quantitative estimate of drug-likeness (QED) is 0.599. The Kier molecular flexibility index (Phi) is 1.70. The summed E-state index contributed by atoms with van der Waals surface area (Å²) in [6.07, 6.45) is 1.81. The second kappa shape index (κ2) is 2.77. The fourth-order valence-corrected chi connectivity index (χ4v) is 1.52. The van der Waals surface area contributed by atoms with E-state index in [1.165, 1.54) is 6.07 Å². The van der Waals surface area contributed by atoms with Crippen LogP contribution in [0.15, 0.2) is 18.3 Å². The molecule has 4 N–H and O–H groups in total. The van der Waals surface area contributed by atoms with Gasteiger partial charge in [-0.1, -0.05) is 0 Å². The van der Waals surface area contributed by atoms with Gasteiger partial charge in [0.15, 0.2) is 0 Å². The largest absolute Gasteiger partial charge is 0.478 e. The number of fused-ring (bicyclic) bond motifs is 1. The molecular formula is C10H10N2O2. The van der Waals surface area contributed by atoms with Gasteiger partial charge in [-0.2, -0.15) is 0 Å². The highest BCUT2D eigenvalue weighted by atomic mass is 16.4. The number of hydrogen-bond acceptors (Lipinski definition) is 2. The predicted octanol–water partition coefficient (Wildman–Crippen LogP) is 1.76. The topological polar surface area (TPSA) is 79.1 Å². The lowest BCUT2D eigenvalue weighted by atomic mass is 10.1. The Morgan fingerprint density at radius 1 is 1.50 bits per heavy atom. The minimum atomic E-state index is -0.959. The number of nitrogens with two attached hydrogens (primary N) is 1. The molecule has 2 aromatic rings. The molecule has 4 nitrogen and oxygen atoms in total. The lowest BCUT2D eigenvalue weighted by Gasteiger charge is -2.00. The lowest BCUT2D eigenvalue weighted by Crippen LogP contribution is -1.98. The fraction of sp³-hybridized carbons (Fsp3) is 0.100. The summed E-state index contributed by atoms with van der Waals surface area (Å²) in [5, 5.41) is 9.69. The van der Waals surface area contributed by atoms with E-state index in [2.05, 4.69) is 4.98 Å². The molecule has 0 saturated heterocycles. The van der Waals surface area contributed by atoms with Crippen LogP contribution in [0.25, 0.3) is 10.9 Å². The highest BCUT2D eigenvalue weighted by Crippen LogP contribution is 2.24. The predicted molar refractivity (Wildman–Crippen MR) is 54.4 cm³/mol. The molecule has 72 valence electrons. The summed E-state index contributed by atoms with van der Waals surface area (Å²) in [5.41, 5.74) is 8.19. The van der Waals surface area contributed by atoms with E-state index >= 15 is 0 Å². The van der Waals surface area contributed by atoms with Crippen molar-refractivity contribution in [3.63, 3.8) is 0 Å². The number of aromatic carboxylic acids is 1. The first kappa shape index (κ1) is 8.62. The zero-order valence-electron chi connectivity index (χ0n) is 7.66. The van der Waals surface area contributed by atoms with Gasteiger partial charge in [-0.15, -0.1) is 0 Å². The first-order chi connectivity index (χ1) is 6.59. The first-order valence-corrected chi connectivity index (χ1v) is 4.20. The molecule has 4 heteroatoms. The number of carboxylic acids is 1. The van der Waals surface area contributed by atoms with Gasteiger partial charge in [-0.25, -0.2) is 4.79 Å². The van der Waals surface area contributed by atoms with Crippen molar-refractivity contribution < 1.29 is 9.90 Å². The van der Waals surface area contributed by atoms with E-state index in [1.54, 1.807) is 6.07 Å². The average molecular weight is 190 g/mol. The van der Waals surface area contributed by atoms with E-state index < -0.39 is 5.97 Å². The molecule has 0 fully saturated rings. The monoisotopic (exact) mass is 190 g/mol. The number of aromatic nitrogens is 1. The number of benzene rings is 1. The molecule has 0 unspecified atom stereocenters. The number of hydrogen-bond donors (Lipinski definition) is 3. The summed E-state index contributed by atoms with van der Waals surface area (Å²) >= 11 is 0. The van der Waals surface area contributed by atoms with Gasteiger partial charge in [0.1, 0.15) is 0 Å². The molecule has 0 aliphatic carbocycles. The number of rotatable bonds is 1. The van der Waals surface area contributed by atoms with E-state index in [-0.39, 0.29) is 5.56 Å². The van der Waals surface area contributed by atoms with Crippen LogP contribution in [-0.4, -0.2) is 16.1 Å². The number of aromatic amines is 1. The molecule has 14 heavy (non-hydrogen) atoms. The molecule has 0 bridgehead atoms. The van der Waals surface area contributed by atoms with E-state index in [4.69, 9.17) is 10.8 Å². The Bertz CT molecular complexity index is 514. The van der Waals surface area contributed by atoms with Crippen molar-refractivity contribution in [2.24, 2.45) is 0 Å². The Hall–Kier alpha value is -1.97. The zero-order chi connectivity index (χ0) is 10.3. The van der Waals surface area contributed by atoms with Gasteiger partial charge >= 0.3 is 5.97 Å². The second-order valence-corrected chi connectivity index (χ2v) is 3.26. The van der Waals surface area contributed by atoms with Crippen LogP contribution in [0, 0.1) is 6.92 Å². The van der Waals surface area contributed by atoms with Crippen LogP contribution in [0.3, 0.4) is 0 Å². The van der Waals surface area contributed by atoms with Gasteiger partial charge in [-0.3, -0.25) is 0 Å². The number of carbonyl (C=O) groups is 1. The number of nitrogen functional groups attached to an aromatic ring is 1. The minimum absolute atomic E-state index is 0.220. The fourth-order valence-electron chi connectivity index (χ4n) is 1.52. The third-order valence-electron chi connectivity index (χ3n) is 2.27. The molecule has 1 aromatic carbocycles. The van der Waals surface area contributed by atoms with Crippen LogP contribution in [0.2, 0.25) is 0 Å². The van der Waals surface area contributed by atoms with Gasteiger partial charge in [0, 0.05) is 11.6 Å². The molecule has 0 aliphatic rings. The number of nitrogens with one attached hydrogen (secondary N) is 1. The van der Waals surface area contributed by atoms with Crippen molar-refractivity contribution >= 4 is 22.6 Å². The van der Waals surface area contributed by atoms with Crippen LogP contribution >= 0.6 is 0 Å². The van der Waals surface area contributed by atoms with Gasteiger partial charge < -0.3 is 15.8 Å². The highest BCUT2D eigenvalue weighted by molar-refractivity contribution is 6.00. The molecule has 2 rings (SSSR count). The summed E-state index contributed by atoms with van der Waals surface area (Å²) in [6, 6.07) is 3.08. The molecule has 0 spiro atoms. The summed E-state index contributed by atoms with van der Waals surface area (Å²) < 4.78 is 0. The van der Waals surface area contributed by atoms with Crippen molar-refractivity contribution in [3.05, 3.63) is 29.5 Å². The number of aryl methyl sites for hydroxylation is 1. The van der Waals surface area contributed by atoms with Crippen LogP contribution in [0.5, 0.6) is 0 Å². The molecule has 1 aromatic heterocycles. The number of carboxylic acid groups (broad SMARTS) is 1. The SMILES string of the molecule is Cc1c[nH]c2c(N)cc(C(=O)O)cc12. The van der Waals surface area contributed by atoms with E-state index in [0.29, 0.717) is 5.69 Å². The van der Waals surface area contributed by atoms with E-state index in [1.807, 2.05) is 13.1 Å². The Morgan fingerprint density at radius 2 is 2.21 bits per heavy atom. The third-order valence-corrected chi connectivity index (χ3v) is 2.27. The third kappa shape index (κ3) is 1.12.